The molecule has 0 aliphatic carbocycles. The van der Waals surface area contributed by atoms with Crippen molar-refractivity contribution in [2.75, 3.05) is 12.4 Å². The van der Waals surface area contributed by atoms with Crippen molar-refractivity contribution in [1.29, 1.82) is 0 Å². The number of carbonyl (C=O) groups is 1. The summed E-state index contributed by atoms with van der Waals surface area (Å²) in [6, 6.07) is 14.0. The fourth-order valence-electron chi connectivity index (χ4n) is 2.06. The molecule has 1 N–H and O–H groups in total. The maximum Gasteiger partial charge on any atom is 0.291 e. The second-order valence-corrected chi connectivity index (χ2v) is 4.88. The van der Waals surface area contributed by atoms with Crippen LogP contribution in [0.1, 0.15) is 10.6 Å². The van der Waals surface area contributed by atoms with E-state index in [1.165, 1.54) is 0 Å². The number of nitrogens with one attached hydrogen (secondary N) is 1. The monoisotopic (exact) mass is 301 g/mol. The number of benzene rings is 2. The van der Waals surface area contributed by atoms with Crippen molar-refractivity contribution in [3.63, 3.8) is 0 Å². The second kappa shape index (κ2) is 5.50. The van der Waals surface area contributed by atoms with Gasteiger partial charge in [0.2, 0.25) is 0 Å². The third kappa shape index (κ3) is 2.71. The molecule has 1 heterocycles. The Labute approximate surface area is 126 Å². The number of amides is 1. The fourth-order valence-corrected chi connectivity index (χ4v) is 2.24. The highest BCUT2D eigenvalue weighted by atomic mass is 35.5. The minimum Gasteiger partial charge on any atom is -0.495 e. The van der Waals surface area contributed by atoms with Gasteiger partial charge >= 0.3 is 0 Å². The van der Waals surface area contributed by atoms with E-state index in [1.807, 2.05) is 12.1 Å². The molecule has 3 aromatic rings. The van der Waals surface area contributed by atoms with Crippen molar-refractivity contribution in [1.82, 2.24) is 0 Å². The molecule has 5 heteroatoms. The Morgan fingerprint density at radius 2 is 2.00 bits per heavy atom. The standard InChI is InChI=1S/C16H12ClNO3/c1-20-14-5-3-2-4-12(14)18-16(19)15-9-10-8-11(17)6-7-13(10)21-15/h2-9H,1H3,(H,18,19). The average molecular weight is 302 g/mol. The molecule has 0 saturated heterocycles. The summed E-state index contributed by atoms with van der Waals surface area (Å²) in [5, 5.41) is 4.14. The topological polar surface area (TPSA) is 51.5 Å². The Balaban J connectivity index is 1.90. The highest BCUT2D eigenvalue weighted by molar-refractivity contribution is 6.31. The summed E-state index contributed by atoms with van der Waals surface area (Å²) in [5.41, 5.74) is 1.20. The van der Waals surface area contributed by atoms with Gasteiger partial charge in [-0.1, -0.05) is 23.7 Å². The fraction of sp³-hybridized carbons (Fsp3) is 0.0625. The van der Waals surface area contributed by atoms with E-state index >= 15 is 0 Å². The largest absolute Gasteiger partial charge is 0.495 e. The lowest BCUT2D eigenvalue weighted by Crippen LogP contribution is -2.11. The van der Waals surface area contributed by atoms with E-state index in [0.717, 1.165) is 5.39 Å². The first-order valence-corrected chi connectivity index (χ1v) is 6.68. The molecular formula is C16H12ClNO3. The predicted octanol–water partition coefficient (Wildman–Crippen LogP) is 4.35. The number of furan rings is 1. The van der Waals surface area contributed by atoms with Gasteiger partial charge in [0.15, 0.2) is 5.76 Å². The molecule has 0 radical (unpaired) electrons. The summed E-state index contributed by atoms with van der Waals surface area (Å²) in [5.74, 6) is 0.468. The number of methoxy groups -OCH3 is 1. The zero-order valence-electron chi connectivity index (χ0n) is 11.2. The lowest BCUT2D eigenvalue weighted by Gasteiger charge is -2.08. The van der Waals surface area contributed by atoms with Gasteiger partial charge in [-0.05, 0) is 36.4 Å². The number of hydrogen-bond donors (Lipinski definition) is 1. The van der Waals surface area contributed by atoms with Crippen LogP contribution in [0.15, 0.2) is 52.9 Å². The van der Waals surface area contributed by atoms with Crippen LogP contribution in [-0.2, 0) is 0 Å². The number of rotatable bonds is 3. The summed E-state index contributed by atoms with van der Waals surface area (Å²) in [6.45, 7) is 0. The molecule has 0 unspecified atom stereocenters. The third-order valence-corrected chi connectivity index (χ3v) is 3.29. The Morgan fingerprint density at radius 1 is 1.19 bits per heavy atom. The third-order valence-electron chi connectivity index (χ3n) is 3.06. The van der Waals surface area contributed by atoms with Crippen LogP contribution < -0.4 is 10.1 Å². The smallest absolute Gasteiger partial charge is 0.291 e. The summed E-state index contributed by atoms with van der Waals surface area (Å²) in [6.07, 6.45) is 0. The number of fused-ring (bicyclic) bond motifs is 1. The van der Waals surface area contributed by atoms with Crippen molar-refractivity contribution in [3.8, 4) is 5.75 Å². The molecule has 3 rings (SSSR count). The number of halogens is 1. The van der Waals surface area contributed by atoms with Crippen molar-refractivity contribution in [3.05, 3.63) is 59.3 Å². The molecule has 0 fully saturated rings. The van der Waals surface area contributed by atoms with Gasteiger partial charge in [0.05, 0.1) is 12.8 Å². The molecule has 0 saturated carbocycles. The minimum absolute atomic E-state index is 0.221. The van der Waals surface area contributed by atoms with Crippen LogP contribution in [0.3, 0.4) is 0 Å². The number of hydrogen-bond acceptors (Lipinski definition) is 3. The summed E-state index contributed by atoms with van der Waals surface area (Å²) in [4.78, 5) is 12.2. The molecular weight excluding hydrogens is 290 g/mol. The molecule has 0 bridgehead atoms. The lowest BCUT2D eigenvalue weighted by atomic mass is 10.2. The molecule has 0 aliphatic heterocycles. The van der Waals surface area contributed by atoms with Gasteiger partial charge in [-0.3, -0.25) is 4.79 Å². The molecule has 4 nitrogen and oxygen atoms in total. The van der Waals surface area contributed by atoms with Gasteiger partial charge in [0.1, 0.15) is 11.3 Å². The Bertz CT molecular complexity index is 810. The molecule has 106 valence electrons. The van der Waals surface area contributed by atoms with Gasteiger partial charge in [-0.15, -0.1) is 0 Å². The first kappa shape index (κ1) is 13.5. The van der Waals surface area contributed by atoms with Crippen LogP contribution >= 0.6 is 11.6 Å². The normalized spacial score (nSPS) is 10.6. The molecule has 21 heavy (non-hydrogen) atoms. The summed E-state index contributed by atoms with van der Waals surface area (Å²) < 4.78 is 10.7. The summed E-state index contributed by atoms with van der Waals surface area (Å²) in [7, 11) is 1.55. The van der Waals surface area contributed by atoms with Crippen LogP contribution in [0.25, 0.3) is 11.0 Å². The van der Waals surface area contributed by atoms with E-state index in [9.17, 15) is 4.79 Å². The quantitative estimate of drug-likeness (QED) is 0.782. The minimum atomic E-state index is -0.341. The van der Waals surface area contributed by atoms with Crippen molar-refractivity contribution < 1.29 is 13.9 Å². The van der Waals surface area contributed by atoms with E-state index in [-0.39, 0.29) is 11.7 Å². The van der Waals surface area contributed by atoms with E-state index in [4.69, 9.17) is 20.8 Å². The maximum absolute atomic E-state index is 12.2. The Kier molecular flexibility index (Phi) is 3.54. The molecule has 0 atom stereocenters. The van der Waals surface area contributed by atoms with Crippen molar-refractivity contribution in [2.24, 2.45) is 0 Å². The number of anilines is 1. The lowest BCUT2D eigenvalue weighted by molar-refractivity contribution is 0.0998. The van der Waals surface area contributed by atoms with Gasteiger partial charge in [0.25, 0.3) is 5.91 Å². The van der Waals surface area contributed by atoms with Crippen LogP contribution in [0.2, 0.25) is 5.02 Å². The first-order chi connectivity index (χ1) is 10.2. The van der Waals surface area contributed by atoms with Gasteiger partial charge < -0.3 is 14.5 Å². The average Bonchev–Trinajstić information content (AvgIpc) is 2.91. The maximum atomic E-state index is 12.2. The van der Waals surface area contributed by atoms with E-state index in [2.05, 4.69) is 5.32 Å². The van der Waals surface area contributed by atoms with Crippen LogP contribution in [0.4, 0.5) is 5.69 Å². The SMILES string of the molecule is COc1ccccc1NC(=O)c1cc2cc(Cl)ccc2o1. The second-order valence-electron chi connectivity index (χ2n) is 4.45. The van der Waals surface area contributed by atoms with Crippen LogP contribution in [-0.4, -0.2) is 13.0 Å². The molecule has 0 spiro atoms. The highest BCUT2D eigenvalue weighted by Crippen LogP contribution is 2.26. The Morgan fingerprint density at radius 3 is 2.81 bits per heavy atom. The van der Waals surface area contributed by atoms with E-state index < -0.39 is 0 Å². The molecule has 0 aliphatic rings. The zero-order valence-corrected chi connectivity index (χ0v) is 12.0. The molecule has 1 amide bonds. The Hall–Kier alpha value is -2.46. The van der Waals surface area contributed by atoms with Crippen LogP contribution in [0.5, 0.6) is 5.75 Å². The van der Waals surface area contributed by atoms with Gasteiger partial charge in [0, 0.05) is 10.4 Å². The van der Waals surface area contributed by atoms with E-state index in [1.54, 1.807) is 43.5 Å². The zero-order chi connectivity index (χ0) is 14.8. The van der Waals surface area contributed by atoms with Crippen molar-refractivity contribution >= 4 is 34.2 Å². The highest BCUT2D eigenvalue weighted by Gasteiger charge is 2.14. The summed E-state index contributed by atoms with van der Waals surface area (Å²) >= 11 is 5.92. The van der Waals surface area contributed by atoms with Crippen molar-refractivity contribution in [2.45, 2.75) is 0 Å². The van der Waals surface area contributed by atoms with Gasteiger partial charge in [-0.25, -0.2) is 0 Å². The number of ether oxygens (including phenoxy) is 1. The molecule has 1 aromatic heterocycles. The van der Waals surface area contributed by atoms with E-state index in [0.29, 0.717) is 22.0 Å². The number of para-hydroxylation sites is 2. The van der Waals surface area contributed by atoms with Crippen LogP contribution in [0, 0.1) is 0 Å². The number of carbonyl (C=O) groups excluding carboxylic acids is 1. The first-order valence-electron chi connectivity index (χ1n) is 6.31. The molecule has 2 aromatic carbocycles. The van der Waals surface area contributed by atoms with Gasteiger partial charge in [-0.2, -0.15) is 0 Å². The predicted molar refractivity (Wildman–Crippen MR) is 82.2 cm³/mol.